The summed E-state index contributed by atoms with van der Waals surface area (Å²) in [6.45, 7) is -0.826. The Kier molecular flexibility index (Phi) is 18.3. The first-order valence-electron chi connectivity index (χ1n) is 10.1. The fraction of sp³-hybridized carbons (Fsp3) is 0.150. The molecule has 3 aromatic carbocycles. The van der Waals surface area contributed by atoms with E-state index < -0.39 is 81.0 Å². The molecule has 0 bridgehead atoms. The zero-order valence-corrected chi connectivity index (χ0v) is 31.5. The van der Waals surface area contributed by atoms with E-state index in [4.69, 9.17) is 0 Å². The average molecular weight is 719 g/mol. The number of hydrogen-bond acceptors (Lipinski definition) is 15. The molecule has 0 fully saturated rings. The third-order valence-electron chi connectivity index (χ3n) is 4.96. The van der Waals surface area contributed by atoms with Gasteiger partial charge >= 0.3 is 88.7 Å². The third kappa shape index (κ3) is 11.3. The summed E-state index contributed by atoms with van der Waals surface area (Å²) in [7, 11) is -14.3. The van der Waals surface area contributed by atoms with Gasteiger partial charge in [-0.25, -0.2) is 25.3 Å². The Hall–Kier alpha value is -0.161. The van der Waals surface area contributed by atoms with Gasteiger partial charge in [-0.1, -0.05) is 6.07 Å². The summed E-state index contributed by atoms with van der Waals surface area (Å²) < 4.78 is 94.1. The number of aromatic hydroxyl groups is 2. The molecule has 0 amide bonds. The predicted molar refractivity (Wildman–Crippen MR) is 124 cm³/mol. The molecule has 3 rings (SSSR count). The summed E-state index contributed by atoms with van der Waals surface area (Å²) in [5, 5.41) is 40.2. The molecule has 0 spiro atoms. The molecule has 3 aromatic rings. The number of sulfone groups is 1. The van der Waals surface area contributed by atoms with Crippen LogP contribution in [0.1, 0.15) is 0 Å². The van der Waals surface area contributed by atoms with Gasteiger partial charge in [-0.15, -0.1) is 10.2 Å². The van der Waals surface area contributed by atoms with Crippen LogP contribution in [-0.2, 0) is 51.9 Å². The SMILES string of the molecule is O=C([O-])CNCCS(=O)(=O)c1ccc(O)c(N=Nc2c(O)c(S(=O)(=O)[O-])cc3cc(S(=O)(=O)[O-])ccc23)c1.[Cu].[Na+].[Na+].[Na+]. The Bertz CT molecular complexity index is 1810. The van der Waals surface area contributed by atoms with Crippen molar-refractivity contribution in [3.63, 3.8) is 0 Å². The Morgan fingerprint density at radius 3 is 1.98 bits per heavy atom. The van der Waals surface area contributed by atoms with Gasteiger partial charge in [0.05, 0.1) is 26.4 Å². The molecule has 0 heterocycles. The number of nitrogens with zero attached hydrogens (tertiary/aromatic N) is 2. The maximum Gasteiger partial charge on any atom is 1.00 e. The van der Waals surface area contributed by atoms with Crippen molar-refractivity contribution in [2.24, 2.45) is 10.2 Å². The van der Waals surface area contributed by atoms with Crippen LogP contribution in [0.25, 0.3) is 10.8 Å². The van der Waals surface area contributed by atoms with Crippen molar-refractivity contribution in [2.75, 3.05) is 18.8 Å². The fourth-order valence-corrected chi connectivity index (χ4v) is 5.50. The average Bonchev–Trinajstić information content (AvgIpc) is 2.80. The maximum atomic E-state index is 12.5. The summed E-state index contributed by atoms with van der Waals surface area (Å²) in [6.07, 6.45) is 0. The number of aliphatic carboxylic acids is 1. The first-order chi connectivity index (χ1) is 17.5. The molecular formula is C20H16CuN3Na3O12S3. The Labute approximate surface area is 317 Å². The molecule has 0 aliphatic carbocycles. The van der Waals surface area contributed by atoms with Gasteiger partial charge in [-0.05, 0) is 41.8 Å². The van der Waals surface area contributed by atoms with Crippen LogP contribution < -0.4 is 99.1 Å². The van der Waals surface area contributed by atoms with Gasteiger partial charge in [0.1, 0.15) is 37.4 Å². The molecule has 0 aliphatic rings. The molecule has 0 unspecified atom stereocenters. The number of carbonyl (C=O) groups is 1. The molecule has 0 atom stereocenters. The minimum atomic E-state index is -5.33. The summed E-state index contributed by atoms with van der Waals surface area (Å²) in [6, 6.07) is 6.11. The number of nitrogens with one attached hydrogen (secondary N) is 1. The van der Waals surface area contributed by atoms with Gasteiger partial charge in [0, 0.05) is 35.5 Å². The maximum absolute atomic E-state index is 12.5. The van der Waals surface area contributed by atoms with E-state index >= 15 is 0 Å². The van der Waals surface area contributed by atoms with E-state index in [9.17, 15) is 54.5 Å². The monoisotopic (exact) mass is 718 g/mol. The second-order valence-corrected chi connectivity index (χ2v) is 12.4. The largest absolute Gasteiger partial charge is 1.00 e. The molecule has 0 saturated carbocycles. The molecule has 0 saturated heterocycles. The second kappa shape index (κ2) is 17.5. The van der Waals surface area contributed by atoms with E-state index in [0.717, 1.165) is 36.4 Å². The standard InChI is InChI=1S/C20H19N3O12S3.Cu.3Na/c24-16-4-2-12(36(28,29)6-5-21-10-18(25)26)9-15(16)22-23-19-14-3-1-13(37(30,31)32)7-11(14)8-17(20(19)27)38(33,34)35;;;;/h1-4,7-9,21,24,27H,5-6,10H2,(H,25,26)(H,30,31,32)(H,33,34,35);;;;/q;;3*+1/p-3. The summed E-state index contributed by atoms with van der Waals surface area (Å²) >= 11 is 0. The number of carbonyl (C=O) groups excluding carboxylic acids is 1. The van der Waals surface area contributed by atoms with Gasteiger partial charge in [0.15, 0.2) is 15.6 Å². The summed E-state index contributed by atoms with van der Waals surface area (Å²) in [5.74, 6) is -3.73. The number of fused-ring (bicyclic) bond motifs is 1. The van der Waals surface area contributed by atoms with E-state index in [1.807, 2.05) is 0 Å². The van der Waals surface area contributed by atoms with Crippen molar-refractivity contribution in [3.05, 3.63) is 42.5 Å². The van der Waals surface area contributed by atoms with Crippen LogP contribution in [0.4, 0.5) is 11.4 Å². The van der Waals surface area contributed by atoms with E-state index in [1.165, 1.54) is 0 Å². The van der Waals surface area contributed by atoms with Gasteiger partial charge in [-0.3, -0.25) is 0 Å². The van der Waals surface area contributed by atoms with E-state index in [0.29, 0.717) is 6.07 Å². The number of phenols is 2. The van der Waals surface area contributed by atoms with Crippen LogP contribution in [0.2, 0.25) is 0 Å². The second-order valence-electron chi connectivity index (χ2n) is 7.58. The molecule has 215 valence electrons. The number of carboxylic acid groups (broad SMARTS) is 1. The molecular weight excluding hydrogens is 703 g/mol. The molecule has 1 radical (unpaired) electrons. The quantitative estimate of drug-likeness (QED) is 0.0762. The summed E-state index contributed by atoms with van der Waals surface area (Å²) in [4.78, 5) is 8.10. The van der Waals surface area contributed by atoms with Crippen LogP contribution >= 0.6 is 0 Å². The number of hydrogen-bond donors (Lipinski definition) is 3. The fourth-order valence-electron chi connectivity index (χ4n) is 3.17. The van der Waals surface area contributed by atoms with Crippen molar-refractivity contribution in [1.29, 1.82) is 0 Å². The minimum absolute atomic E-state index is 0. The molecule has 0 aliphatic heterocycles. The predicted octanol–water partition coefficient (Wildman–Crippen LogP) is -9.40. The minimum Gasteiger partial charge on any atom is -0.744 e. The van der Waals surface area contributed by atoms with Gasteiger partial charge in [-0.2, -0.15) is 0 Å². The van der Waals surface area contributed by atoms with Crippen molar-refractivity contribution >= 4 is 58.2 Å². The number of carboxylic acids is 1. The van der Waals surface area contributed by atoms with Crippen LogP contribution in [-0.4, -0.2) is 69.4 Å². The Morgan fingerprint density at radius 1 is 0.833 bits per heavy atom. The number of benzene rings is 3. The normalized spacial score (nSPS) is 11.6. The zero-order valence-electron chi connectivity index (χ0n) is 22.1. The van der Waals surface area contributed by atoms with Gasteiger partial charge < -0.3 is 34.5 Å². The topological polar surface area (TPSA) is 266 Å². The van der Waals surface area contributed by atoms with E-state index in [-0.39, 0.29) is 128 Å². The summed E-state index contributed by atoms with van der Waals surface area (Å²) in [5.41, 5.74) is -1.12. The number of azo groups is 1. The third-order valence-corrected chi connectivity index (χ3v) is 8.36. The Morgan fingerprint density at radius 2 is 1.43 bits per heavy atom. The first-order valence-corrected chi connectivity index (χ1v) is 14.6. The van der Waals surface area contributed by atoms with Crippen molar-refractivity contribution in [2.45, 2.75) is 14.7 Å². The van der Waals surface area contributed by atoms with Crippen LogP contribution in [0, 0.1) is 0 Å². The molecule has 3 N–H and O–H groups in total. The Balaban J connectivity index is 0. The van der Waals surface area contributed by atoms with Gasteiger partial charge in [0.25, 0.3) is 0 Å². The van der Waals surface area contributed by atoms with Gasteiger partial charge in [0.2, 0.25) is 0 Å². The smallest absolute Gasteiger partial charge is 0.744 e. The molecule has 22 heteroatoms. The van der Waals surface area contributed by atoms with Crippen molar-refractivity contribution < 1.29 is 160 Å². The first kappa shape index (κ1) is 44.0. The van der Waals surface area contributed by atoms with Crippen LogP contribution in [0.15, 0.2) is 67.4 Å². The molecule has 15 nitrogen and oxygen atoms in total. The van der Waals surface area contributed by atoms with Crippen molar-refractivity contribution in [3.8, 4) is 11.5 Å². The van der Waals surface area contributed by atoms with E-state index in [2.05, 4.69) is 15.5 Å². The number of rotatable bonds is 10. The number of phenolic OH excluding ortho intramolecular Hbond substituents is 2. The van der Waals surface area contributed by atoms with Crippen LogP contribution in [0.5, 0.6) is 11.5 Å². The van der Waals surface area contributed by atoms with E-state index in [1.54, 1.807) is 0 Å². The molecule has 0 aromatic heterocycles. The molecule has 42 heavy (non-hydrogen) atoms. The van der Waals surface area contributed by atoms with Crippen molar-refractivity contribution in [1.82, 2.24) is 5.32 Å². The van der Waals surface area contributed by atoms with Crippen LogP contribution in [0.3, 0.4) is 0 Å². The zero-order chi connectivity index (χ0) is 28.5.